The number of halogens is 1. The quantitative estimate of drug-likeness (QED) is 0.510. The normalized spacial score (nSPS) is 12.0. The van der Waals surface area contributed by atoms with E-state index in [9.17, 15) is 14.0 Å². The average molecular weight is 386 g/mol. The summed E-state index contributed by atoms with van der Waals surface area (Å²) >= 11 is 0. The molecule has 144 valence electrons. The Labute approximate surface area is 167 Å². The Hall–Kier alpha value is -3.73. The zero-order chi connectivity index (χ0) is 20.4. The van der Waals surface area contributed by atoms with Crippen LogP contribution in [-0.4, -0.2) is 17.9 Å². The number of nitrogens with two attached hydrogens (primary N) is 1. The highest BCUT2D eigenvalue weighted by molar-refractivity contribution is 6.18. The van der Waals surface area contributed by atoms with E-state index >= 15 is 0 Å². The van der Waals surface area contributed by atoms with E-state index in [4.69, 9.17) is 5.73 Å². The highest BCUT2D eigenvalue weighted by atomic mass is 19.1. The van der Waals surface area contributed by atoms with E-state index in [2.05, 4.69) is 5.32 Å². The van der Waals surface area contributed by atoms with Crippen molar-refractivity contribution in [1.29, 1.82) is 0 Å². The van der Waals surface area contributed by atoms with E-state index in [1.54, 1.807) is 12.1 Å². The van der Waals surface area contributed by atoms with Crippen molar-refractivity contribution in [2.45, 2.75) is 12.5 Å². The maximum Gasteiger partial charge on any atom is 0.253 e. The fourth-order valence-electron chi connectivity index (χ4n) is 3.61. The molecule has 0 bridgehead atoms. The SMILES string of the molecule is NC(=O)[C@@H](Cc1cccc(F)c1)NC(=O)c1c2ccccc2cc2ccccc12. The van der Waals surface area contributed by atoms with Gasteiger partial charge in [-0.2, -0.15) is 0 Å². The van der Waals surface area contributed by atoms with Crippen LogP contribution in [-0.2, 0) is 11.2 Å². The van der Waals surface area contributed by atoms with Crippen molar-refractivity contribution in [2.24, 2.45) is 5.73 Å². The van der Waals surface area contributed by atoms with Gasteiger partial charge in [-0.25, -0.2) is 4.39 Å². The van der Waals surface area contributed by atoms with Crippen LogP contribution < -0.4 is 11.1 Å². The molecule has 0 unspecified atom stereocenters. The molecule has 4 aromatic rings. The third-order valence-electron chi connectivity index (χ3n) is 4.98. The van der Waals surface area contributed by atoms with E-state index in [1.807, 2.05) is 54.6 Å². The van der Waals surface area contributed by atoms with Crippen LogP contribution in [0.3, 0.4) is 0 Å². The van der Waals surface area contributed by atoms with Crippen LogP contribution in [0, 0.1) is 5.82 Å². The molecule has 0 radical (unpaired) electrons. The smallest absolute Gasteiger partial charge is 0.253 e. The van der Waals surface area contributed by atoms with Gasteiger partial charge in [0.1, 0.15) is 11.9 Å². The first kappa shape index (κ1) is 18.6. The van der Waals surface area contributed by atoms with Crippen molar-refractivity contribution < 1.29 is 14.0 Å². The molecule has 1 atom stereocenters. The van der Waals surface area contributed by atoms with Crippen molar-refractivity contribution in [2.75, 3.05) is 0 Å². The van der Waals surface area contributed by atoms with Crippen LogP contribution in [0.4, 0.5) is 4.39 Å². The third kappa shape index (κ3) is 3.80. The molecule has 0 aromatic heterocycles. The maximum atomic E-state index is 13.5. The Morgan fingerprint density at radius 1 is 0.862 bits per heavy atom. The summed E-state index contributed by atoms with van der Waals surface area (Å²) in [5.74, 6) is -1.47. The Morgan fingerprint density at radius 2 is 1.48 bits per heavy atom. The zero-order valence-electron chi connectivity index (χ0n) is 15.6. The molecule has 0 saturated carbocycles. The summed E-state index contributed by atoms with van der Waals surface area (Å²) in [5.41, 5.74) is 6.60. The largest absolute Gasteiger partial charge is 0.368 e. The van der Waals surface area contributed by atoms with Gasteiger partial charge in [0.05, 0.1) is 5.56 Å². The number of hydrogen-bond acceptors (Lipinski definition) is 2. The van der Waals surface area contributed by atoms with Crippen molar-refractivity contribution >= 4 is 33.4 Å². The number of hydrogen-bond donors (Lipinski definition) is 2. The van der Waals surface area contributed by atoms with Gasteiger partial charge in [-0.15, -0.1) is 0 Å². The summed E-state index contributed by atoms with van der Waals surface area (Å²) in [6.45, 7) is 0. The Bertz CT molecular complexity index is 1180. The molecule has 0 aliphatic rings. The highest BCUT2D eigenvalue weighted by Crippen LogP contribution is 2.28. The second kappa shape index (κ2) is 7.72. The minimum Gasteiger partial charge on any atom is -0.368 e. The lowest BCUT2D eigenvalue weighted by atomic mass is 9.95. The van der Waals surface area contributed by atoms with Crippen molar-refractivity contribution in [3.63, 3.8) is 0 Å². The maximum absolute atomic E-state index is 13.5. The van der Waals surface area contributed by atoms with Gasteiger partial charge in [-0.3, -0.25) is 9.59 Å². The number of nitrogens with one attached hydrogen (secondary N) is 1. The van der Waals surface area contributed by atoms with E-state index in [1.165, 1.54) is 12.1 Å². The Kier molecular flexibility index (Phi) is 4.96. The molecule has 0 spiro atoms. The molecule has 4 aromatic carbocycles. The summed E-state index contributed by atoms with van der Waals surface area (Å²) in [6.07, 6.45) is 0.113. The highest BCUT2D eigenvalue weighted by Gasteiger charge is 2.22. The summed E-state index contributed by atoms with van der Waals surface area (Å²) in [6, 6.07) is 22.2. The minimum atomic E-state index is -0.956. The molecular weight excluding hydrogens is 367 g/mol. The van der Waals surface area contributed by atoms with Crippen LogP contribution in [0.2, 0.25) is 0 Å². The average Bonchev–Trinajstić information content (AvgIpc) is 2.71. The molecule has 0 fully saturated rings. The standard InChI is InChI=1S/C24H19FN2O2/c25-18-9-5-6-15(12-18)13-21(23(26)28)27-24(29)22-19-10-3-1-7-16(19)14-17-8-2-4-11-20(17)22/h1-12,14,21H,13H2,(H2,26,28)(H,27,29)/t21-/m1/s1. The topological polar surface area (TPSA) is 72.2 Å². The third-order valence-corrected chi connectivity index (χ3v) is 4.98. The number of amides is 2. The van der Waals surface area contributed by atoms with Gasteiger partial charge in [0.25, 0.3) is 5.91 Å². The fourth-order valence-corrected chi connectivity index (χ4v) is 3.61. The minimum absolute atomic E-state index is 0.113. The molecule has 0 heterocycles. The van der Waals surface area contributed by atoms with Crippen LogP contribution >= 0.6 is 0 Å². The molecule has 0 saturated heterocycles. The first-order chi connectivity index (χ1) is 14.0. The van der Waals surface area contributed by atoms with Gasteiger partial charge >= 0.3 is 0 Å². The van der Waals surface area contributed by atoms with Crippen LogP contribution in [0.15, 0.2) is 78.9 Å². The number of carbonyl (C=O) groups excluding carboxylic acids is 2. The summed E-state index contributed by atoms with van der Waals surface area (Å²) in [5, 5.41) is 6.18. The fraction of sp³-hybridized carbons (Fsp3) is 0.0833. The lowest BCUT2D eigenvalue weighted by Crippen LogP contribution is -2.46. The molecule has 4 nitrogen and oxygen atoms in total. The Morgan fingerprint density at radius 3 is 2.07 bits per heavy atom. The van der Waals surface area contributed by atoms with Crippen molar-refractivity contribution in [3.8, 4) is 0 Å². The molecule has 4 rings (SSSR count). The molecule has 2 amide bonds. The zero-order valence-corrected chi connectivity index (χ0v) is 15.6. The van der Waals surface area contributed by atoms with E-state index in [0.717, 1.165) is 21.5 Å². The number of benzene rings is 4. The van der Waals surface area contributed by atoms with Gasteiger partial charge in [0.15, 0.2) is 0 Å². The molecule has 5 heteroatoms. The lowest BCUT2D eigenvalue weighted by Gasteiger charge is -2.18. The lowest BCUT2D eigenvalue weighted by molar-refractivity contribution is -0.119. The summed E-state index contributed by atoms with van der Waals surface area (Å²) in [7, 11) is 0. The molecule has 29 heavy (non-hydrogen) atoms. The summed E-state index contributed by atoms with van der Waals surface area (Å²) in [4.78, 5) is 25.2. The predicted octanol–water partition coefficient (Wildman–Crippen LogP) is 3.96. The van der Waals surface area contributed by atoms with Gasteiger partial charge in [0.2, 0.25) is 5.91 Å². The number of primary amides is 1. The van der Waals surface area contributed by atoms with Gasteiger partial charge < -0.3 is 11.1 Å². The van der Waals surface area contributed by atoms with E-state index < -0.39 is 23.7 Å². The number of rotatable bonds is 5. The molecule has 3 N–H and O–H groups in total. The van der Waals surface area contributed by atoms with E-state index in [-0.39, 0.29) is 6.42 Å². The van der Waals surface area contributed by atoms with Crippen molar-refractivity contribution in [1.82, 2.24) is 5.32 Å². The number of fused-ring (bicyclic) bond motifs is 2. The molecule has 0 aliphatic heterocycles. The van der Waals surface area contributed by atoms with Crippen LogP contribution in [0.1, 0.15) is 15.9 Å². The van der Waals surface area contributed by atoms with E-state index in [0.29, 0.717) is 11.1 Å². The van der Waals surface area contributed by atoms with Crippen molar-refractivity contribution in [3.05, 3.63) is 95.8 Å². The van der Waals surface area contributed by atoms with Gasteiger partial charge in [-0.1, -0.05) is 60.7 Å². The molecular formula is C24H19FN2O2. The van der Waals surface area contributed by atoms with Gasteiger partial charge in [-0.05, 0) is 45.3 Å². The summed E-state index contributed by atoms with van der Waals surface area (Å²) < 4.78 is 13.5. The Balaban J connectivity index is 1.74. The van der Waals surface area contributed by atoms with Crippen LogP contribution in [0.5, 0.6) is 0 Å². The van der Waals surface area contributed by atoms with Gasteiger partial charge in [0, 0.05) is 6.42 Å². The first-order valence-electron chi connectivity index (χ1n) is 9.28. The first-order valence-corrected chi connectivity index (χ1v) is 9.28. The monoisotopic (exact) mass is 386 g/mol. The van der Waals surface area contributed by atoms with Crippen LogP contribution in [0.25, 0.3) is 21.5 Å². The second-order valence-electron chi connectivity index (χ2n) is 6.96. The second-order valence-corrected chi connectivity index (χ2v) is 6.96. The number of carbonyl (C=O) groups is 2. The predicted molar refractivity (Wildman–Crippen MR) is 112 cm³/mol. The molecule has 0 aliphatic carbocycles.